The van der Waals surface area contributed by atoms with Gasteiger partial charge in [-0.25, -0.2) is 0 Å². The fourth-order valence-corrected chi connectivity index (χ4v) is 1.91. The Morgan fingerprint density at radius 3 is 2.50 bits per heavy atom. The van der Waals surface area contributed by atoms with E-state index in [-0.39, 0.29) is 13.2 Å². The lowest BCUT2D eigenvalue weighted by Crippen LogP contribution is -2.53. The van der Waals surface area contributed by atoms with Crippen LogP contribution in [0.2, 0.25) is 5.02 Å². The highest BCUT2D eigenvalue weighted by Crippen LogP contribution is 2.19. The molecular weight excluding hydrogens is 272 g/mol. The molecule has 4 nitrogen and oxygen atoms in total. The minimum absolute atomic E-state index is 0.217. The van der Waals surface area contributed by atoms with Crippen molar-refractivity contribution in [2.45, 2.75) is 19.4 Å². The molecule has 6 heteroatoms. The molecule has 1 aromatic carbocycles. The summed E-state index contributed by atoms with van der Waals surface area (Å²) >= 11 is 11.0. The normalized spacial score (nSPS) is 11.2. The van der Waals surface area contributed by atoms with Gasteiger partial charge >= 0.3 is 0 Å². The summed E-state index contributed by atoms with van der Waals surface area (Å²) in [5.74, 6) is 0. The number of hydrogen-bond donors (Lipinski definition) is 4. The molecule has 0 aliphatic rings. The molecule has 0 spiro atoms. The number of thiocarbonyl (C=S) groups is 1. The second-order valence-electron chi connectivity index (χ2n) is 4.42. The molecule has 0 amide bonds. The molecule has 0 saturated carbocycles. The molecule has 0 heterocycles. The summed E-state index contributed by atoms with van der Waals surface area (Å²) in [6, 6.07) is 5.40. The van der Waals surface area contributed by atoms with Gasteiger partial charge in [0.2, 0.25) is 0 Å². The fraction of sp³-hybridized carbons (Fsp3) is 0.417. The zero-order chi connectivity index (χ0) is 13.8. The van der Waals surface area contributed by atoms with E-state index in [9.17, 15) is 0 Å². The van der Waals surface area contributed by atoms with Gasteiger partial charge in [-0.15, -0.1) is 0 Å². The van der Waals surface area contributed by atoms with E-state index < -0.39 is 5.54 Å². The van der Waals surface area contributed by atoms with Gasteiger partial charge in [0.1, 0.15) is 0 Å². The van der Waals surface area contributed by atoms with Crippen molar-refractivity contribution in [3.8, 4) is 0 Å². The lowest BCUT2D eigenvalue weighted by molar-refractivity contribution is 0.120. The molecule has 0 aliphatic heterocycles. The molecule has 0 radical (unpaired) electrons. The van der Waals surface area contributed by atoms with Crippen molar-refractivity contribution in [2.24, 2.45) is 0 Å². The van der Waals surface area contributed by atoms with Crippen LogP contribution in [0.25, 0.3) is 0 Å². The number of aryl methyl sites for hydroxylation is 1. The Bertz CT molecular complexity index is 436. The van der Waals surface area contributed by atoms with Crippen LogP contribution in [-0.4, -0.2) is 34.1 Å². The van der Waals surface area contributed by atoms with Gasteiger partial charge in [0.15, 0.2) is 5.11 Å². The number of nitrogens with one attached hydrogen (secondary N) is 2. The van der Waals surface area contributed by atoms with Gasteiger partial charge in [0.25, 0.3) is 0 Å². The molecule has 0 unspecified atom stereocenters. The van der Waals surface area contributed by atoms with Gasteiger partial charge in [-0.3, -0.25) is 0 Å². The highest BCUT2D eigenvalue weighted by Gasteiger charge is 2.23. The maximum Gasteiger partial charge on any atom is 0.171 e. The summed E-state index contributed by atoms with van der Waals surface area (Å²) in [5, 5.41) is 25.2. The first-order valence-corrected chi connectivity index (χ1v) is 6.26. The van der Waals surface area contributed by atoms with Gasteiger partial charge in [0, 0.05) is 10.7 Å². The molecule has 0 aromatic heterocycles. The Morgan fingerprint density at radius 1 is 1.39 bits per heavy atom. The number of benzene rings is 1. The first-order chi connectivity index (χ1) is 8.40. The topological polar surface area (TPSA) is 64.5 Å². The van der Waals surface area contributed by atoms with Crippen molar-refractivity contribution < 1.29 is 10.2 Å². The fourth-order valence-electron chi connectivity index (χ4n) is 1.32. The largest absolute Gasteiger partial charge is 0.394 e. The molecule has 0 atom stereocenters. The number of anilines is 1. The third-order valence-corrected chi connectivity index (χ3v) is 2.99. The van der Waals surface area contributed by atoms with E-state index in [0.717, 1.165) is 11.3 Å². The maximum absolute atomic E-state index is 9.16. The minimum Gasteiger partial charge on any atom is -0.394 e. The molecule has 0 aliphatic carbocycles. The highest BCUT2D eigenvalue weighted by atomic mass is 35.5. The van der Waals surface area contributed by atoms with E-state index in [2.05, 4.69) is 10.6 Å². The van der Waals surface area contributed by atoms with Crippen molar-refractivity contribution in [1.82, 2.24) is 5.32 Å². The standard InChI is InChI=1S/C12H17ClN2O2S/c1-8-5-9(13)3-4-10(8)14-11(18)15-12(2,6-16)7-17/h3-5,16-17H,6-7H2,1-2H3,(H2,14,15,18). The lowest BCUT2D eigenvalue weighted by Gasteiger charge is -2.28. The van der Waals surface area contributed by atoms with Crippen LogP contribution in [0.1, 0.15) is 12.5 Å². The molecule has 0 fully saturated rings. The Hall–Kier alpha value is -0.880. The second-order valence-corrected chi connectivity index (χ2v) is 5.26. The van der Waals surface area contributed by atoms with Crippen LogP contribution in [0.5, 0.6) is 0 Å². The number of rotatable bonds is 4. The summed E-state index contributed by atoms with van der Waals surface area (Å²) in [6.45, 7) is 3.15. The van der Waals surface area contributed by atoms with Crippen molar-refractivity contribution in [3.63, 3.8) is 0 Å². The van der Waals surface area contributed by atoms with E-state index in [1.54, 1.807) is 13.0 Å². The van der Waals surface area contributed by atoms with Crippen LogP contribution in [0, 0.1) is 6.92 Å². The molecule has 0 saturated heterocycles. The Balaban J connectivity index is 2.70. The van der Waals surface area contributed by atoms with E-state index in [1.807, 2.05) is 19.1 Å². The summed E-state index contributed by atoms with van der Waals surface area (Å²) in [7, 11) is 0. The molecule has 100 valence electrons. The van der Waals surface area contributed by atoms with Gasteiger partial charge in [-0.1, -0.05) is 11.6 Å². The lowest BCUT2D eigenvalue weighted by atomic mass is 10.1. The summed E-state index contributed by atoms with van der Waals surface area (Å²) in [6.07, 6.45) is 0. The zero-order valence-corrected chi connectivity index (χ0v) is 11.9. The zero-order valence-electron chi connectivity index (χ0n) is 10.3. The third-order valence-electron chi connectivity index (χ3n) is 2.55. The van der Waals surface area contributed by atoms with Crippen molar-refractivity contribution in [1.29, 1.82) is 0 Å². The van der Waals surface area contributed by atoms with Crippen LogP contribution in [0.3, 0.4) is 0 Å². The first kappa shape index (κ1) is 15.2. The Kier molecular flexibility index (Phi) is 5.34. The number of aliphatic hydroxyl groups is 2. The second kappa shape index (κ2) is 6.33. The highest BCUT2D eigenvalue weighted by molar-refractivity contribution is 7.80. The molecule has 1 aromatic rings. The molecule has 18 heavy (non-hydrogen) atoms. The minimum atomic E-state index is -0.843. The molecule has 0 bridgehead atoms. The predicted molar refractivity (Wildman–Crippen MR) is 78.1 cm³/mol. The van der Waals surface area contributed by atoms with Crippen LogP contribution in [0.15, 0.2) is 18.2 Å². The van der Waals surface area contributed by atoms with Gasteiger partial charge < -0.3 is 20.8 Å². The van der Waals surface area contributed by atoms with Crippen molar-refractivity contribution in [2.75, 3.05) is 18.5 Å². The van der Waals surface area contributed by atoms with E-state index >= 15 is 0 Å². The number of hydrogen-bond acceptors (Lipinski definition) is 3. The SMILES string of the molecule is Cc1cc(Cl)ccc1NC(=S)NC(C)(CO)CO. The Morgan fingerprint density at radius 2 is 2.00 bits per heavy atom. The summed E-state index contributed by atoms with van der Waals surface area (Å²) < 4.78 is 0. The smallest absolute Gasteiger partial charge is 0.171 e. The Labute approximate surface area is 117 Å². The van der Waals surface area contributed by atoms with Gasteiger partial charge in [-0.05, 0) is 49.8 Å². The van der Waals surface area contributed by atoms with Crippen LogP contribution < -0.4 is 10.6 Å². The average molecular weight is 289 g/mol. The summed E-state index contributed by atoms with van der Waals surface area (Å²) in [5.41, 5.74) is 0.946. The third kappa shape index (κ3) is 4.10. The summed E-state index contributed by atoms with van der Waals surface area (Å²) in [4.78, 5) is 0. The average Bonchev–Trinajstić information content (AvgIpc) is 2.32. The van der Waals surface area contributed by atoms with Crippen LogP contribution in [-0.2, 0) is 0 Å². The van der Waals surface area contributed by atoms with E-state index in [1.165, 1.54) is 0 Å². The van der Waals surface area contributed by atoms with Crippen LogP contribution in [0.4, 0.5) is 5.69 Å². The number of aliphatic hydroxyl groups excluding tert-OH is 2. The van der Waals surface area contributed by atoms with Crippen LogP contribution >= 0.6 is 23.8 Å². The maximum atomic E-state index is 9.16. The quantitative estimate of drug-likeness (QED) is 0.635. The van der Waals surface area contributed by atoms with Crippen molar-refractivity contribution in [3.05, 3.63) is 28.8 Å². The molecular formula is C12H17ClN2O2S. The molecule has 4 N–H and O–H groups in total. The van der Waals surface area contributed by atoms with Gasteiger partial charge in [0.05, 0.1) is 18.8 Å². The van der Waals surface area contributed by atoms with E-state index in [4.69, 9.17) is 34.0 Å². The first-order valence-electron chi connectivity index (χ1n) is 5.47. The van der Waals surface area contributed by atoms with Gasteiger partial charge in [-0.2, -0.15) is 0 Å². The predicted octanol–water partition coefficient (Wildman–Crippen LogP) is 1.68. The molecule has 1 rings (SSSR count). The monoisotopic (exact) mass is 288 g/mol. The van der Waals surface area contributed by atoms with Crippen molar-refractivity contribution >= 4 is 34.6 Å². The van der Waals surface area contributed by atoms with E-state index in [0.29, 0.717) is 10.1 Å². The number of halogens is 1.